The van der Waals surface area contributed by atoms with Gasteiger partial charge in [-0.2, -0.15) is 0 Å². The summed E-state index contributed by atoms with van der Waals surface area (Å²) in [5, 5.41) is 0. The Hall–Kier alpha value is -1.88. The van der Waals surface area contributed by atoms with Gasteiger partial charge in [0.15, 0.2) is 0 Å². The van der Waals surface area contributed by atoms with Crippen molar-refractivity contribution in [2.75, 3.05) is 24.5 Å². The van der Waals surface area contributed by atoms with Crippen LogP contribution in [-0.4, -0.2) is 42.4 Å². The molecule has 2 amide bonds. The van der Waals surface area contributed by atoms with Gasteiger partial charge < -0.3 is 15.5 Å². The van der Waals surface area contributed by atoms with E-state index in [9.17, 15) is 9.59 Å². The molecule has 0 spiro atoms. The quantitative estimate of drug-likeness (QED) is 0.900. The van der Waals surface area contributed by atoms with Gasteiger partial charge in [-0.3, -0.25) is 9.59 Å². The third-order valence-corrected chi connectivity index (χ3v) is 4.92. The Bertz CT molecular complexity index is 633. The molecule has 5 heteroatoms. The minimum atomic E-state index is -0.243. The highest BCUT2D eigenvalue weighted by Gasteiger charge is 2.39. The number of nitrogens with zero attached hydrogens (tertiary/aromatic N) is 2. The van der Waals surface area contributed by atoms with Gasteiger partial charge in [0.1, 0.15) is 0 Å². The monoisotopic (exact) mass is 315 g/mol. The zero-order chi connectivity index (χ0) is 16.7. The van der Waals surface area contributed by atoms with Crippen molar-refractivity contribution < 1.29 is 9.59 Å². The topological polar surface area (TPSA) is 66.6 Å². The van der Waals surface area contributed by atoms with Crippen LogP contribution < -0.4 is 10.6 Å². The molecule has 2 atom stereocenters. The highest BCUT2D eigenvalue weighted by Crippen LogP contribution is 2.32. The summed E-state index contributed by atoms with van der Waals surface area (Å²) >= 11 is 0. The van der Waals surface area contributed by atoms with Crippen LogP contribution in [0, 0.1) is 26.7 Å². The summed E-state index contributed by atoms with van der Waals surface area (Å²) in [4.78, 5) is 28.7. The van der Waals surface area contributed by atoms with Crippen LogP contribution in [0.25, 0.3) is 0 Å². The number of likely N-dealkylation sites (tertiary alicyclic amines) is 1. The van der Waals surface area contributed by atoms with Gasteiger partial charge in [-0.25, -0.2) is 0 Å². The van der Waals surface area contributed by atoms with Crippen LogP contribution in [-0.2, 0) is 9.59 Å². The van der Waals surface area contributed by atoms with Gasteiger partial charge in [0.25, 0.3) is 0 Å². The first-order chi connectivity index (χ1) is 10.9. The van der Waals surface area contributed by atoms with Crippen molar-refractivity contribution in [3.05, 3.63) is 28.8 Å². The van der Waals surface area contributed by atoms with Crippen molar-refractivity contribution in [3.63, 3.8) is 0 Å². The number of aryl methyl sites for hydroxylation is 3. The van der Waals surface area contributed by atoms with E-state index < -0.39 is 0 Å². The molecule has 0 radical (unpaired) electrons. The summed E-state index contributed by atoms with van der Waals surface area (Å²) < 4.78 is 0. The molecule has 2 aliphatic rings. The first-order valence-electron chi connectivity index (χ1n) is 8.29. The Labute approximate surface area is 137 Å². The maximum absolute atomic E-state index is 12.6. The van der Waals surface area contributed by atoms with E-state index >= 15 is 0 Å². The zero-order valence-corrected chi connectivity index (χ0v) is 14.1. The summed E-state index contributed by atoms with van der Waals surface area (Å²) in [5.74, 6) is -0.119. The van der Waals surface area contributed by atoms with Gasteiger partial charge >= 0.3 is 0 Å². The number of benzene rings is 1. The minimum Gasteiger partial charge on any atom is -0.341 e. The predicted molar refractivity (Wildman–Crippen MR) is 90.3 cm³/mol. The molecule has 124 valence electrons. The molecule has 0 unspecified atom stereocenters. The van der Waals surface area contributed by atoms with E-state index in [-0.39, 0.29) is 23.8 Å². The molecule has 1 aromatic rings. The zero-order valence-electron chi connectivity index (χ0n) is 14.1. The SMILES string of the molecule is Cc1cc(C)c(N2C[C@H](C(=O)N3CC[C@H](N)C3)CC2=O)c(C)c1. The van der Waals surface area contributed by atoms with E-state index in [4.69, 9.17) is 5.73 Å². The van der Waals surface area contributed by atoms with Crippen molar-refractivity contribution in [2.24, 2.45) is 11.7 Å². The maximum Gasteiger partial charge on any atom is 0.228 e. The Morgan fingerprint density at radius 2 is 1.83 bits per heavy atom. The van der Waals surface area contributed by atoms with E-state index in [1.54, 1.807) is 4.90 Å². The fourth-order valence-electron chi connectivity index (χ4n) is 3.93. The first-order valence-corrected chi connectivity index (χ1v) is 8.29. The van der Waals surface area contributed by atoms with Crippen LogP contribution in [0.4, 0.5) is 5.69 Å². The second-order valence-corrected chi connectivity index (χ2v) is 6.99. The normalized spacial score (nSPS) is 24.6. The maximum atomic E-state index is 12.6. The second-order valence-electron chi connectivity index (χ2n) is 6.99. The molecular formula is C18H25N3O2. The molecule has 5 nitrogen and oxygen atoms in total. The summed E-state index contributed by atoms with van der Waals surface area (Å²) in [6.45, 7) is 7.92. The molecule has 2 aliphatic heterocycles. The second kappa shape index (κ2) is 5.96. The lowest BCUT2D eigenvalue weighted by molar-refractivity contribution is -0.134. The molecule has 0 aromatic heterocycles. The lowest BCUT2D eigenvalue weighted by atomic mass is 10.0. The number of amides is 2. The van der Waals surface area contributed by atoms with Crippen LogP contribution in [0.1, 0.15) is 29.5 Å². The highest BCUT2D eigenvalue weighted by atomic mass is 16.2. The van der Waals surface area contributed by atoms with Crippen LogP contribution >= 0.6 is 0 Å². The van der Waals surface area contributed by atoms with E-state index in [0.717, 1.165) is 23.2 Å². The van der Waals surface area contributed by atoms with Crippen molar-refractivity contribution in [2.45, 2.75) is 39.7 Å². The van der Waals surface area contributed by atoms with Gasteiger partial charge in [0.2, 0.25) is 11.8 Å². The first kappa shape index (κ1) is 16.0. The molecule has 2 saturated heterocycles. The Morgan fingerprint density at radius 1 is 1.17 bits per heavy atom. The van der Waals surface area contributed by atoms with Gasteiger partial charge in [-0.15, -0.1) is 0 Å². The Balaban J connectivity index is 1.79. The van der Waals surface area contributed by atoms with E-state index in [1.165, 1.54) is 5.56 Å². The standard InChI is InChI=1S/C18H25N3O2/c1-11-6-12(2)17(13(3)7-11)21-9-14(8-16(21)22)18(23)20-5-4-15(19)10-20/h6-7,14-15H,4-5,8-10,19H2,1-3H3/t14-,15+/m1/s1. The third kappa shape index (κ3) is 2.98. The summed E-state index contributed by atoms with van der Waals surface area (Å²) in [6, 6.07) is 4.25. The van der Waals surface area contributed by atoms with Crippen LogP contribution in [0.15, 0.2) is 12.1 Å². The van der Waals surface area contributed by atoms with Crippen LogP contribution in [0.5, 0.6) is 0 Å². The highest BCUT2D eigenvalue weighted by molar-refractivity contribution is 6.01. The number of hydrogen-bond acceptors (Lipinski definition) is 3. The van der Waals surface area contributed by atoms with Crippen molar-refractivity contribution in [1.82, 2.24) is 4.90 Å². The largest absolute Gasteiger partial charge is 0.341 e. The number of carbonyl (C=O) groups excluding carboxylic acids is 2. The smallest absolute Gasteiger partial charge is 0.228 e. The van der Waals surface area contributed by atoms with Gasteiger partial charge in [0.05, 0.1) is 5.92 Å². The van der Waals surface area contributed by atoms with Crippen molar-refractivity contribution in [3.8, 4) is 0 Å². The summed E-state index contributed by atoms with van der Waals surface area (Å²) in [5.41, 5.74) is 10.2. The third-order valence-electron chi connectivity index (χ3n) is 4.92. The van der Waals surface area contributed by atoms with Gasteiger partial charge in [-0.1, -0.05) is 17.7 Å². The number of hydrogen-bond donors (Lipinski definition) is 1. The number of rotatable bonds is 2. The molecule has 23 heavy (non-hydrogen) atoms. The van der Waals surface area contributed by atoms with Crippen LogP contribution in [0.3, 0.4) is 0 Å². The average Bonchev–Trinajstić information content (AvgIpc) is 3.04. The molecule has 2 N–H and O–H groups in total. The molecule has 0 bridgehead atoms. The Morgan fingerprint density at radius 3 is 2.39 bits per heavy atom. The number of carbonyl (C=O) groups is 2. The molecule has 2 fully saturated rings. The fraction of sp³-hybridized carbons (Fsp3) is 0.556. The van der Waals surface area contributed by atoms with E-state index in [0.29, 0.717) is 26.1 Å². The Kier molecular flexibility index (Phi) is 4.15. The fourth-order valence-corrected chi connectivity index (χ4v) is 3.93. The lowest BCUT2D eigenvalue weighted by Crippen LogP contribution is -2.37. The lowest BCUT2D eigenvalue weighted by Gasteiger charge is -2.23. The predicted octanol–water partition coefficient (Wildman–Crippen LogP) is 1.52. The van der Waals surface area contributed by atoms with Gasteiger partial charge in [0, 0.05) is 37.8 Å². The average molecular weight is 315 g/mol. The van der Waals surface area contributed by atoms with E-state index in [1.807, 2.05) is 18.7 Å². The number of nitrogens with two attached hydrogens (primary N) is 1. The van der Waals surface area contributed by atoms with E-state index in [2.05, 4.69) is 19.1 Å². The minimum absolute atomic E-state index is 0.0434. The van der Waals surface area contributed by atoms with Crippen molar-refractivity contribution in [1.29, 1.82) is 0 Å². The van der Waals surface area contributed by atoms with Gasteiger partial charge in [-0.05, 0) is 38.3 Å². The molecule has 0 saturated carbocycles. The van der Waals surface area contributed by atoms with Crippen LogP contribution in [0.2, 0.25) is 0 Å². The summed E-state index contributed by atoms with van der Waals surface area (Å²) in [7, 11) is 0. The molecular weight excluding hydrogens is 290 g/mol. The molecule has 2 heterocycles. The van der Waals surface area contributed by atoms with Crippen molar-refractivity contribution >= 4 is 17.5 Å². The number of anilines is 1. The molecule has 0 aliphatic carbocycles. The molecule has 3 rings (SSSR count). The molecule has 1 aromatic carbocycles. The summed E-state index contributed by atoms with van der Waals surface area (Å²) in [6.07, 6.45) is 1.16.